The molecular weight excluding hydrogens is 286 g/mol. The summed E-state index contributed by atoms with van der Waals surface area (Å²) >= 11 is 5.72. The molecule has 0 atom stereocenters. The molecule has 0 aromatic carbocycles. The predicted molar refractivity (Wildman–Crippen MR) is 77.0 cm³/mol. The van der Waals surface area contributed by atoms with E-state index in [0.29, 0.717) is 23.8 Å². The van der Waals surface area contributed by atoms with Crippen LogP contribution < -0.4 is 4.72 Å². The Morgan fingerprint density at radius 1 is 1.37 bits per heavy atom. The summed E-state index contributed by atoms with van der Waals surface area (Å²) in [7, 11) is -1.79. The molecule has 0 spiro atoms. The first-order valence-electron chi connectivity index (χ1n) is 6.16. The second kappa shape index (κ2) is 5.81. The van der Waals surface area contributed by atoms with Crippen molar-refractivity contribution in [3.63, 3.8) is 0 Å². The maximum absolute atomic E-state index is 12.3. The van der Waals surface area contributed by atoms with Crippen LogP contribution in [0.1, 0.15) is 31.7 Å². The van der Waals surface area contributed by atoms with Crippen molar-refractivity contribution in [3.8, 4) is 0 Å². The van der Waals surface area contributed by atoms with Gasteiger partial charge in [-0.2, -0.15) is 5.10 Å². The lowest BCUT2D eigenvalue weighted by Gasteiger charge is -2.23. The summed E-state index contributed by atoms with van der Waals surface area (Å²) in [5.74, 6) is 0.514. The first-order valence-corrected chi connectivity index (χ1v) is 8.18. The lowest BCUT2D eigenvalue weighted by molar-refractivity contribution is 0.352. The molecule has 110 valence electrons. The average Bonchev–Trinajstić information content (AvgIpc) is 2.51. The van der Waals surface area contributed by atoms with E-state index in [1.54, 1.807) is 25.6 Å². The molecule has 0 radical (unpaired) electrons. The number of aryl methyl sites for hydroxylation is 2. The maximum atomic E-state index is 12.3. The quantitative estimate of drug-likeness (QED) is 0.817. The number of nitrogens with zero attached hydrogens (tertiary/aromatic N) is 2. The van der Waals surface area contributed by atoms with Gasteiger partial charge in [0.2, 0.25) is 10.0 Å². The summed E-state index contributed by atoms with van der Waals surface area (Å²) in [5, 5.41) is 4.13. The van der Waals surface area contributed by atoms with Crippen LogP contribution in [-0.4, -0.2) is 30.6 Å². The van der Waals surface area contributed by atoms with Crippen molar-refractivity contribution in [2.75, 3.05) is 12.4 Å². The van der Waals surface area contributed by atoms with Crippen LogP contribution in [0.3, 0.4) is 0 Å². The smallest absolute Gasteiger partial charge is 0.244 e. The highest BCUT2D eigenvalue weighted by atomic mass is 35.5. The average molecular weight is 308 g/mol. The number of hydrogen-bond acceptors (Lipinski definition) is 3. The van der Waals surface area contributed by atoms with Crippen LogP contribution in [0.15, 0.2) is 4.90 Å². The number of alkyl halides is 1. The number of aromatic nitrogens is 2. The Bertz CT molecular complexity index is 550. The van der Waals surface area contributed by atoms with Gasteiger partial charge in [-0.05, 0) is 25.7 Å². The second-order valence-electron chi connectivity index (χ2n) is 5.55. The van der Waals surface area contributed by atoms with Gasteiger partial charge in [-0.1, -0.05) is 13.8 Å². The van der Waals surface area contributed by atoms with E-state index in [9.17, 15) is 8.42 Å². The topological polar surface area (TPSA) is 64.0 Å². The summed E-state index contributed by atoms with van der Waals surface area (Å²) in [5.41, 5.74) is 0.988. The molecule has 0 fully saturated rings. The first kappa shape index (κ1) is 16.5. The zero-order valence-electron chi connectivity index (χ0n) is 12.1. The Hall–Kier alpha value is -0.590. The van der Waals surface area contributed by atoms with Crippen molar-refractivity contribution in [2.24, 2.45) is 12.5 Å². The highest BCUT2D eigenvalue weighted by Gasteiger charge is 2.26. The SMILES string of the molecule is Cc1nn(C)c(C)c1S(=O)(=O)NCC(C)(C)CCCl. The molecular formula is C12H22ClN3O2S. The van der Waals surface area contributed by atoms with Crippen LogP contribution in [-0.2, 0) is 17.1 Å². The van der Waals surface area contributed by atoms with Gasteiger partial charge in [-0.3, -0.25) is 4.68 Å². The Morgan fingerprint density at radius 2 is 1.95 bits per heavy atom. The Balaban J connectivity index is 2.94. The third-order valence-corrected chi connectivity index (χ3v) is 5.07. The van der Waals surface area contributed by atoms with Crippen LogP contribution in [0, 0.1) is 19.3 Å². The molecule has 0 saturated heterocycles. The van der Waals surface area contributed by atoms with Crippen LogP contribution in [0.5, 0.6) is 0 Å². The Morgan fingerprint density at radius 3 is 2.37 bits per heavy atom. The molecule has 5 nitrogen and oxygen atoms in total. The summed E-state index contributed by atoms with van der Waals surface area (Å²) in [4.78, 5) is 0.275. The Kier molecular flexibility index (Phi) is 5.03. The van der Waals surface area contributed by atoms with Crippen molar-refractivity contribution in [3.05, 3.63) is 11.4 Å². The van der Waals surface area contributed by atoms with Gasteiger partial charge in [0.1, 0.15) is 4.90 Å². The van der Waals surface area contributed by atoms with E-state index in [1.807, 2.05) is 13.8 Å². The molecule has 1 aromatic heterocycles. The fourth-order valence-corrected chi connectivity index (χ4v) is 4.04. The third kappa shape index (κ3) is 3.94. The number of hydrogen-bond donors (Lipinski definition) is 1. The largest absolute Gasteiger partial charge is 0.271 e. The number of nitrogens with one attached hydrogen (secondary N) is 1. The summed E-state index contributed by atoms with van der Waals surface area (Å²) in [6.07, 6.45) is 0.752. The van der Waals surface area contributed by atoms with E-state index in [4.69, 9.17) is 11.6 Å². The molecule has 0 aliphatic rings. The van der Waals surface area contributed by atoms with E-state index < -0.39 is 10.0 Å². The van der Waals surface area contributed by atoms with Gasteiger partial charge in [-0.15, -0.1) is 11.6 Å². The second-order valence-corrected chi connectivity index (χ2v) is 7.63. The van der Waals surface area contributed by atoms with Crippen LogP contribution in [0.25, 0.3) is 0 Å². The Labute approximate surface area is 120 Å². The van der Waals surface area contributed by atoms with Gasteiger partial charge >= 0.3 is 0 Å². The third-order valence-electron chi connectivity index (χ3n) is 3.22. The van der Waals surface area contributed by atoms with Gasteiger partial charge in [0.25, 0.3) is 0 Å². The molecule has 1 heterocycles. The molecule has 0 saturated carbocycles. The van der Waals surface area contributed by atoms with Crippen molar-refractivity contribution >= 4 is 21.6 Å². The van der Waals surface area contributed by atoms with Gasteiger partial charge in [0.05, 0.1) is 11.4 Å². The van der Waals surface area contributed by atoms with Crippen LogP contribution in [0.4, 0.5) is 0 Å². The molecule has 19 heavy (non-hydrogen) atoms. The minimum Gasteiger partial charge on any atom is -0.271 e. The summed E-state index contributed by atoms with van der Waals surface area (Å²) in [6, 6.07) is 0. The van der Waals surface area contributed by atoms with E-state index >= 15 is 0 Å². The molecule has 1 N–H and O–H groups in total. The molecule has 0 unspecified atom stereocenters. The first-order chi connectivity index (χ1) is 8.60. The highest BCUT2D eigenvalue weighted by molar-refractivity contribution is 7.89. The standard InChI is InChI=1S/C12H22ClN3O2S/c1-9-11(10(2)16(5)15-9)19(17,18)14-8-12(3,4)6-7-13/h14H,6-8H2,1-5H3. The normalized spacial score (nSPS) is 12.9. The molecule has 0 amide bonds. The van der Waals surface area contributed by atoms with Gasteiger partial charge in [-0.25, -0.2) is 13.1 Å². The van der Waals surface area contributed by atoms with E-state index in [2.05, 4.69) is 9.82 Å². The maximum Gasteiger partial charge on any atom is 0.244 e. The molecule has 0 aliphatic carbocycles. The van der Waals surface area contributed by atoms with Crippen molar-refractivity contribution in [1.82, 2.24) is 14.5 Å². The molecule has 0 bridgehead atoms. The van der Waals surface area contributed by atoms with Crippen LogP contribution >= 0.6 is 11.6 Å². The number of halogens is 1. The number of sulfonamides is 1. The molecule has 1 aromatic rings. The van der Waals surface area contributed by atoms with Gasteiger partial charge < -0.3 is 0 Å². The van der Waals surface area contributed by atoms with Crippen molar-refractivity contribution < 1.29 is 8.42 Å². The van der Waals surface area contributed by atoms with E-state index in [1.165, 1.54) is 0 Å². The van der Waals surface area contributed by atoms with Crippen LogP contribution in [0.2, 0.25) is 0 Å². The molecule has 7 heteroatoms. The minimum atomic E-state index is -3.53. The predicted octanol–water partition coefficient (Wildman–Crippen LogP) is 1.97. The summed E-state index contributed by atoms with van der Waals surface area (Å²) in [6.45, 7) is 7.78. The zero-order chi connectivity index (χ0) is 14.8. The lowest BCUT2D eigenvalue weighted by Crippen LogP contribution is -2.34. The van der Waals surface area contributed by atoms with Crippen molar-refractivity contribution in [2.45, 2.75) is 39.0 Å². The number of rotatable bonds is 6. The highest BCUT2D eigenvalue weighted by Crippen LogP contribution is 2.22. The fourth-order valence-electron chi connectivity index (χ4n) is 1.85. The monoisotopic (exact) mass is 307 g/mol. The minimum absolute atomic E-state index is 0.168. The molecule has 1 rings (SSSR count). The van der Waals surface area contributed by atoms with Crippen molar-refractivity contribution in [1.29, 1.82) is 0 Å². The molecule has 0 aliphatic heterocycles. The van der Waals surface area contributed by atoms with E-state index in [-0.39, 0.29) is 10.3 Å². The van der Waals surface area contributed by atoms with Gasteiger partial charge in [0.15, 0.2) is 0 Å². The lowest BCUT2D eigenvalue weighted by atomic mass is 9.91. The zero-order valence-corrected chi connectivity index (χ0v) is 13.7. The van der Waals surface area contributed by atoms with Gasteiger partial charge in [0, 0.05) is 19.5 Å². The fraction of sp³-hybridized carbons (Fsp3) is 0.750. The summed E-state index contributed by atoms with van der Waals surface area (Å²) < 4.78 is 28.9. The van der Waals surface area contributed by atoms with E-state index in [0.717, 1.165) is 6.42 Å².